The summed E-state index contributed by atoms with van der Waals surface area (Å²) in [4.78, 5) is 2.40. The highest BCUT2D eigenvalue weighted by Gasteiger charge is 1.95. The van der Waals surface area contributed by atoms with Crippen molar-refractivity contribution in [2.45, 2.75) is 0 Å². The van der Waals surface area contributed by atoms with Crippen LogP contribution in [0, 0.1) is 11.3 Å². The number of anilines is 1. The van der Waals surface area contributed by atoms with Crippen molar-refractivity contribution in [2.75, 3.05) is 4.84 Å². The lowest BCUT2D eigenvalue weighted by Gasteiger charge is -1.96. The molecule has 0 unspecified atom stereocenters. The molecule has 0 aliphatic rings. The maximum Gasteiger partial charge on any atom is 0.101 e. The molecule has 0 heterocycles. The Labute approximate surface area is 64.2 Å². The summed E-state index contributed by atoms with van der Waals surface area (Å²) in [6.45, 7) is 0. The highest BCUT2D eigenvalue weighted by Crippen LogP contribution is 2.13. The normalized spacial score (nSPS) is 8.40. The number of nitrogens with one attached hydrogen (secondary N) is 1. The van der Waals surface area contributed by atoms with Gasteiger partial charge in [0.2, 0.25) is 0 Å². The zero-order chi connectivity index (χ0) is 7.40. The number of benzene rings is 1. The average molecular weight is 153 g/mol. The van der Waals surface area contributed by atoms with Crippen LogP contribution in [0.1, 0.15) is 5.56 Å². The van der Waals surface area contributed by atoms with E-state index in [1.54, 1.807) is 18.2 Å². The van der Waals surface area contributed by atoms with E-state index in [0.29, 0.717) is 11.3 Å². The monoisotopic (exact) mass is 152 g/mol. The third-order valence-electron chi connectivity index (χ3n) is 1.15. The Morgan fingerprint density at radius 3 is 2.60 bits per heavy atom. The molecule has 10 heavy (non-hydrogen) atoms. The number of hydrogen-bond donors (Lipinski definition) is 1. The lowest BCUT2D eigenvalue weighted by molar-refractivity contribution is 1.48. The number of nitrogens with zero attached hydrogens (tertiary/aromatic N) is 1. The first-order chi connectivity index (χ1) is 4.88. The van der Waals surface area contributed by atoms with Gasteiger partial charge < -0.3 is 0 Å². The van der Waals surface area contributed by atoms with E-state index in [2.05, 4.69) is 4.84 Å². The molecule has 1 aromatic rings. The molecular weight excluding hydrogens is 148 g/mol. The van der Waals surface area contributed by atoms with Crippen molar-refractivity contribution < 1.29 is 0 Å². The number of halogens is 1. The minimum Gasteiger partial charge on any atom is -0.297 e. The van der Waals surface area contributed by atoms with Crippen molar-refractivity contribution in [3.05, 3.63) is 29.8 Å². The lowest BCUT2D eigenvalue weighted by atomic mass is 10.2. The van der Waals surface area contributed by atoms with Gasteiger partial charge in [0.25, 0.3) is 0 Å². The number of rotatable bonds is 1. The molecule has 3 heteroatoms. The Kier molecular flexibility index (Phi) is 2.14. The Hall–Kier alpha value is -1.20. The molecule has 1 aromatic carbocycles. The molecule has 0 aliphatic carbocycles. The van der Waals surface area contributed by atoms with Crippen LogP contribution in [-0.4, -0.2) is 0 Å². The second kappa shape index (κ2) is 3.09. The van der Waals surface area contributed by atoms with Crippen LogP contribution in [0.5, 0.6) is 0 Å². The molecule has 0 aromatic heterocycles. The predicted octanol–water partition coefficient (Wildman–Crippen LogP) is 2.12. The number of para-hydroxylation sites is 1. The quantitative estimate of drug-likeness (QED) is 0.626. The number of nitriles is 1. The van der Waals surface area contributed by atoms with Gasteiger partial charge in [0.1, 0.15) is 6.07 Å². The Morgan fingerprint density at radius 2 is 2.10 bits per heavy atom. The van der Waals surface area contributed by atoms with E-state index in [4.69, 9.17) is 17.0 Å². The summed E-state index contributed by atoms with van der Waals surface area (Å²) in [6, 6.07) is 9.04. The minimum absolute atomic E-state index is 0.553. The van der Waals surface area contributed by atoms with Crippen molar-refractivity contribution in [2.24, 2.45) is 0 Å². The Morgan fingerprint density at radius 1 is 1.40 bits per heavy atom. The van der Waals surface area contributed by atoms with Crippen LogP contribution in [0.15, 0.2) is 24.3 Å². The number of hydrogen-bond acceptors (Lipinski definition) is 2. The van der Waals surface area contributed by atoms with E-state index in [9.17, 15) is 0 Å². The van der Waals surface area contributed by atoms with Gasteiger partial charge in [-0.3, -0.25) is 4.84 Å². The van der Waals surface area contributed by atoms with Gasteiger partial charge in [-0.15, -0.1) is 0 Å². The van der Waals surface area contributed by atoms with Gasteiger partial charge in [-0.1, -0.05) is 12.1 Å². The topological polar surface area (TPSA) is 35.8 Å². The van der Waals surface area contributed by atoms with Crippen molar-refractivity contribution in [1.29, 1.82) is 5.26 Å². The van der Waals surface area contributed by atoms with Gasteiger partial charge in [-0.2, -0.15) is 5.26 Å². The summed E-state index contributed by atoms with van der Waals surface area (Å²) < 4.78 is 0. The molecule has 0 aliphatic heterocycles. The fourth-order valence-electron chi connectivity index (χ4n) is 0.663. The van der Waals surface area contributed by atoms with Gasteiger partial charge >= 0.3 is 0 Å². The summed E-state index contributed by atoms with van der Waals surface area (Å²) in [5, 5.41) is 8.50. The Balaban J connectivity index is 3.12. The van der Waals surface area contributed by atoms with Crippen LogP contribution in [0.25, 0.3) is 0 Å². The molecule has 0 bridgehead atoms. The van der Waals surface area contributed by atoms with Crippen LogP contribution >= 0.6 is 11.8 Å². The fraction of sp³-hybridized carbons (Fsp3) is 0. The molecule has 0 amide bonds. The molecule has 0 saturated carbocycles. The van der Waals surface area contributed by atoms with E-state index >= 15 is 0 Å². The molecule has 1 rings (SSSR count). The predicted molar refractivity (Wildman–Crippen MR) is 40.6 cm³/mol. The first-order valence-electron chi connectivity index (χ1n) is 2.74. The molecule has 0 atom stereocenters. The molecular formula is C7H5ClN2. The Bertz CT molecular complexity index is 265. The molecule has 0 spiro atoms. The highest BCUT2D eigenvalue weighted by molar-refractivity contribution is 6.24. The summed E-state index contributed by atoms with van der Waals surface area (Å²) in [5.74, 6) is 0. The summed E-state index contributed by atoms with van der Waals surface area (Å²) in [6.07, 6.45) is 0. The van der Waals surface area contributed by atoms with Gasteiger partial charge in [0, 0.05) is 11.8 Å². The molecule has 0 saturated heterocycles. The fourth-order valence-corrected chi connectivity index (χ4v) is 0.828. The zero-order valence-electron chi connectivity index (χ0n) is 5.13. The van der Waals surface area contributed by atoms with Crippen molar-refractivity contribution in [1.82, 2.24) is 0 Å². The van der Waals surface area contributed by atoms with Gasteiger partial charge in [0.05, 0.1) is 11.3 Å². The van der Waals surface area contributed by atoms with Gasteiger partial charge in [-0.25, -0.2) is 0 Å². The highest BCUT2D eigenvalue weighted by atomic mass is 35.5. The maximum atomic E-state index is 8.50. The largest absolute Gasteiger partial charge is 0.297 e. The van der Waals surface area contributed by atoms with Crippen molar-refractivity contribution >= 4 is 17.5 Å². The minimum atomic E-state index is 0.553. The molecule has 2 nitrogen and oxygen atoms in total. The van der Waals surface area contributed by atoms with E-state index in [1.165, 1.54) is 0 Å². The van der Waals surface area contributed by atoms with Gasteiger partial charge in [0.15, 0.2) is 0 Å². The summed E-state index contributed by atoms with van der Waals surface area (Å²) in [5.41, 5.74) is 1.20. The van der Waals surface area contributed by atoms with Crippen molar-refractivity contribution in [3.8, 4) is 6.07 Å². The van der Waals surface area contributed by atoms with Gasteiger partial charge in [-0.05, 0) is 12.1 Å². The standard InChI is InChI=1S/C7H5ClN2/c8-10-7-4-2-1-3-6(7)5-9/h1-4,10H. The SMILES string of the molecule is N#Cc1ccccc1NCl. The third-order valence-corrected chi connectivity index (χ3v) is 1.35. The third kappa shape index (κ3) is 1.20. The second-order valence-corrected chi connectivity index (χ2v) is 1.94. The zero-order valence-corrected chi connectivity index (χ0v) is 5.89. The average Bonchev–Trinajstić information content (AvgIpc) is 2.04. The summed E-state index contributed by atoms with van der Waals surface area (Å²) in [7, 11) is 0. The molecule has 0 fully saturated rings. The lowest BCUT2D eigenvalue weighted by Crippen LogP contribution is -1.83. The van der Waals surface area contributed by atoms with Crippen LogP contribution < -0.4 is 4.84 Å². The van der Waals surface area contributed by atoms with Crippen molar-refractivity contribution in [3.63, 3.8) is 0 Å². The summed E-state index contributed by atoms with van der Waals surface area (Å²) >= 11 is 5.31. The first-order valence-corrected chi connectivity index (χ1v) is 3.12. The van der Waals surface area contributed by atoms with Crippen LogP contribution in [0.3, 0.4) is 0 Å². The van der Waals surface area contributed by atoms with Crippen LogP contribution in [0.4, 0.5) is 5.69 Å². The maximum absolute atomic E-state index is 8.50. The van der Waals surface area contributed by atoms with E-state index in [1.807, 2.05) is 12.1 Å². The van der Waals surface area contributed by atoms with E-state index in [0.717, 1.165) is 0 Å². The van der Waals surface area contributed by atoms with E-state index in [-0.39, 0.29) is 0 Å². The molecule has 50 valence electrons. The molecule has 0 radical (unpaired) electrons. The first kappa shape index (κ1) is 6.91. The molecule has 1 N–H and O–H groups in total. The second-order valence-electron chi connectivity index (χ2n) is 1.75. The smallest absolute Gasteiger partial charge is 0.101 e. The van der Waals surface area contributed by atoms with E-state index < -0.39 is 0 Å². The van der Waals surface area contributed by atoms with Crippen LogP contribution in [-0.2, 0) is 0 Å². The van der Waals surface area contributed by atoms with Crippen LogP contribution in [0.2, 0.25) is 0 Å².